The second-order valence-electron chi connectivity index (χ2n) is 6.05. The van der Waals surface area contributed by atoms with Crippen LogP contribution in [0, 0.1) is 6.92 Å². The molecule has 0 fully saturated rings. The minimum absolute atomic E-state index is 0.116. The number of carbonyl (C=O) groups is 1. The minimum Gasteiger partial charge on any atom is -0.344 e. The Hall–Kier alpha value is -2.70. The van der Waals surface area contributed by atoms with Crippen LogP contribution in [0.1, 0.15) is 20.8 Å². The molecule has 6 heteroatoms. The third-order valence-corrected chi connectivity index (χ3v) is 5.17. The zero-order chi connectivity index (χ0) is 18.5. The lowest BCUT2D eigenvalue weighted by Crippen LogP contribution is -2.38. The summed E-state index contributed by atoms with van der Waals surface area (Å²) in [6.07, 6.45) is 5.72. The second kappa shape index (κ2) is 8.12. The molecule has 1 atom stereocenters. The Morgan fingerprint density at radius 3 is 2.73 bits per heavy atom. The van der Waals surface area contributed by atoms with Crippen LogP contribution in [0.25, 0.3) is 16.6 Å². The summed E-state index contributed by atoms with van der Waals surface area (Å²) in [6.45, 7) is 2.36. The molecule has 0 aliphatic carbocycles. The molecule has 0 aliphatic rings. The van der Waals surface area contributed by atoms with E-state index < -0.39 is 0 Å². The molecule has 1 unspecified atom stereocenters. The van der Waals surface area contributed by atoms with Gasteiger partial charge in [0.05, 0.1) is 27.7 Å². The van der Waals surface area contributed by atoms with Crippen LogP contribution in [0.2, 0.25) is 0 Å². The fraction of sp³-hybridized carbons (Fsp3) is 0.200. The lowest BCUT2D eigenvalue weighted by molar-refractivity contribution is 0.0949. The summed E-state index contributed by atoms with van der Waals surface area (Å²) in [6, 6.07) is 13.5. The molecule has 1 aromatic carbocycles. The van der Waals surface area contributed by atoms with Gasteiger partial charge in [-0.15, -0.1) is 11.3 Å². The fourth-order valence-corrected chi connectivity index (χ4v) is 3.76. The van der Waals surface area contributed by atoms with Crippen molar-refractivity contribution in [1.29, 1.82) is 0 Å². The third-order valence-electron chi connectivity index (χ3n) is 4.08. The predicted octanol–water partition coefficient (Wildman–Crippen LogP) is 3.23. The van der Waals surface area contributed by atoms with Gasteiger partial charge in [0.25, 0.3) is 5.91 Å². The number of rotatable bonds is 6. The maximum absolute atomic E-state index is 12.6. The van der Waals surface area contributed by atoms with Crippen molar-refractivity contribution in [3.05, 3.63) is 70.7 Å². The number of aromatic nitrogens is 2. The van der Waals surface area contributed by atoms with Gasteiger partial charge in [0, 0.05) is 13.6 Å². The van der Waals surface area contributed by atoms with Crippen LogP contribution in [0.5, 0.6) is 0 Å². The minimum atomic E-state index is -0.216. The van der Waals surface area contributed by atoms with Gasteiger partial charge in [-0.2, -0.15) is 5.10 Å². The summed E-state index contributed by atoms with van der Waals surface area (Å²) < 4.78 is 1.83. The van der Waals surface area contributed by atoms with Crippen LogP contribution in [0.15, 0.2) is 54.7 Å². The highest BCUT2D eigenvalue weighted by atomic mass is 32.1. The molecule has 0 bridgehead atoms. The number of amides is 1. The smallest absolute Gasteiger partial charge is 0.261 e. The van der Waals surface area contributed by atoms with Crippen LogP contribution in [-0.4, -0.2) is 28.3 Å². The number of benzene rings is 1. The van der Waals surface area contributed by atoms with E-state index in [0.717, 1.165) is 21.7 Å². The number of nitrogens with two attached hydrogens (primary N) is 1. The average molecular weight is 366 g/mol. The summed E-state index contributed by atoms with van der Waals surface area (Å²) in [5, 5.41) is 7.24. The molecule has 0 saturated heterocycles. The van der Waals surface area contributed by atoms with E-state index in [1.807, 2.05) is 79.5 Å². The van der Waals surface area contributed by atoms with Crippen LogP contribution >= 0.6 is 11.3 Å². The Balaban J connectivity index is 1.70. The molecule has 2 aromatic heterocycles. The van der Waals surface area contributed by atoms with Crippen molar-refractivity contribution >= 4 is 23.3 Å². The molecule has 26 heavy (non-hydrogen) atoms. The highest BCUT2D eigenvalue weighted by Gasteiger charge is 2.15. The maximum Gasteiger partial charge on any atom is 0.261 e. The quantitative estimate of drug-likeness (QED) is 0.703. The Morgan fingerprint density at radius 2 is 2.08 bits per heavy atom. The van der Waals surface area contributed by atoms with Gasteiger partial charge in [-0.05, 0) is 30.2 Å². The van der Waals surface area contributed by atoms with Crippen molar-refractivity contribution in [2.24, 2.45) is 12.8 Å². The molecule has 0 spiro atoms. The zero-order valence-electron chi connectivity index (χ0n) is 14.8. The molecule has 0 aliphatic heterocycles. The number of hydrogen-bond donors (Lipinski definition) is 2. The van der Waals surface area contributed by atoms with Crippen molar-refractivity contribution in [2.75, 3.05) is 6.54 Å². The second-order valence-corrected chi connectivity index (χ2v) is 7.13. The Morgan fingerprint density at radius 1 is 1.31 bits per heavy atom. The normalized spacial score (nSPS) is 12.4. The van der Waals surface area contributed by atoms with E-state index in [1.54, 1.807) is 0 Å². The number of aryl methyl sites for hydroxylation is 2. The van der Waals surface area contributed by atoms with E-state index in [4.69, 9.17) is 5.73 Å². The third kappa shape index (κ3) is 4.09. The Kier molecular flexibility index (Phi) is 5.65. The molecule has 0 saturated carbocycles. The number of thiophene rings is 1. The molecule has 0 radical (unpaired) electrons. The van der Waals surface area contributed by atoms with E-state index in [9.17, 15) is 4.79 Å². The van der Waals surface area contributed by atoms with Gasteiger partial charge < -0.3 is 11.1 Å². The molecule has 134 valence electrons. The summed E-state index contributed by atoms with van der Waals surface area (Å²) in [5.74, 6) is -0.116. The topological polar surface area (TPSA) is 72.9 Å². The monoisotopic (exact) mass is 366 g/mol. The van der Waals surface area contributed by atoms with Crippen LogP contribution in [-0.2, 0) is 7.05 Å². The van der Waals surface area contributed by atoms with Gasteiger partial charge in [0.15, 0.2) is 0 Å². The van der Waals surface area contributed by atoms with E-state index >= 15 is 0 Å². The van der Waals surface area contributed by atoms with Gasteiger partial charge in [-0.3, -0.25) is 9.48 Å². The van der Waals surface area contributed by atoms with E-state index in [1.165, 1.54) is 11.3 Å². The molecule has 3 N–H and O–H groups in total. The van der Waals surface area contributed by atoms with Crippen LogP contribution in [0.4, 0.5) is 0 Å². The lowest BCUT2D eigenvalue weighted by atomic mass is 10.1. The summed E-state index contributed by atoms with van der Waals surface area (Å²) in [5.41, 5.74) is 9.01. The van der Waals surface area contributed by atoms with E-state index in [0.29, 0.717) is 11.4 Å². The van der Waals surface area contributed by atoms with Crippen molar-refractivity contribution in [1.82, 2.24) is 15.1 Å². The number of nitrogens with zero attached hydrogens (tertiary/aromatic N) is 2. The highest BCUT2D eigenvalue weighted by molar-refractivity contribution is 7.17. The summed E-state index contributed by atoms with van der Waals surface area (Å²) in [7, 11) is 1.90. The molecule has 3 rings (SSSR count). The molecule has 5 nitrogen and oxygen atoms in total. The Labute approximate surface area is 157 Å². The van der Waals surface area contributed by atoms with Crippen molar-refractivity contribution in [3.63, 3.8) is 0 Å². The number of carbonyl (C=O) groups excluding carboxylic acids is 1. The molecule has 2 heterocycles. The van der Waals surface area contributed by atoms with Crippen molar-refractivity contribution in [3.8, 4) is 10.6 Å². The molecule has 1 amide bonds. The standard InChI is InChI=1S/C20H22N4OS/c1-14-13-22-24(2)19(14)17-10-11-18(26-17)20(25)23-16(12-21)9-8-15-6-4-3-5-7-15/h3-11,13,16H,12,21H2,1-2H3,(H,23,25)/b9-8+. The van der Waals surface area contributed by atoms with Gasteiger partial charge >= 0.3 is 0 Å². The summed E-state index contributed by atoms with van der Waals surface area (Å²) in [4.78, 5) is 14.2. The molecular weight excluding hydrogens is 344 g/mol. The van der Waals surface area contributed by atoms with Gasteiger partial charge in [0.1, 0.15) is 0 Å². The number of hydrogen-bond acceptors (Lipinski definition) is 4. The van der Waals surface area contributed by atoms with Gasteiger partial charge in [0.2, 0.25) is 0 Å². The van der Waals surface area contributed by atoms with E-state index in [2.05, 4.69) is 10.4 Å². The first-order valence-corrected chi connectivity index (χ1v) is 9.23. The van der Waals surface area contributed by atoms with Crippen LogP contribution < -0.4 is 11.1 Å². The lowest BCUT2D eigenvalue weighted by Gasteiger charge is -2.12. The van der Waals surface area contributed by atoms with Crippen molar-refractivity contribution in [2.45, 2.75) is 13.0 Å². The zero-order valence-corrected chi connectivity index (χ0v) is 15.7. The molecular formula is C20H22N4OS. The summed E-state index contributed by atoms with van der Waals surface area (Å²) >= 11 is 1.46. The van der Waals surface area contributed by atoms with Crippen LogP contribution in [0.3, 0.4) is 0 Å². The molecule has 3 aromatic rings. The Bertz CT molecular complexity index is 892. The first kappa shape index (κ1) is 18.1. The highest BCUT2D eigenvalue weighted by Crippen LogP contribution is 2.30. The van der Waals surface area contributed by atoms with E-state index in [-0.39, 0.29) is 11.9 Å². The average Bonchev–Trinajstić information content (AvgIpc) is 3.26. The SMILES string of the molecule is Cc1cnn(C)c1-c1ccc(C(=O)NC(/C=C/c2ccccc2)CN)s1. The van der Waals surface area contributed by atoms with Gasteiger partial charge in [-0.25, -0.2) is 0 Å². The van der Waals surface area contributed by atoms with Crippen molar-refractivity contribution < 1.29 is 4.79 Å². The maximum atomic E-state index is 12.6. The largest absolute Gasteiger partial charge is 0.344 e. The predicted molar refractivity (Wildman–Crippen MR) is 107 cm³/mol. The first-order chi connectivity index (χ1) is 12.6. The number of nitrogens with one attached hydrogen (secondary N) is 1. The van der Waals surface area contributed by atoms with Gasteiger partial charge in [-0.1, -0.05) is 42.5 Å². The first-order valence-electron chi connectivity index (χ1n) is 8.41. The fourth-order valence-electron chi connectivity index (χ4n) is 2.70.